The topological polar surface area (TPSA) is 57.9 Å². The van der Waals surface area contributed by atoms with Gasteiger partial charge >= 0.3 is 0 Å². The van der Waals surface area contributed by atoms with E-state index in [2.05, 4.69) is 0 Å². The molecule has 4 aromatic rings. The lowest BCUT2D eigenvalue weighted by Gasteiger charge is -2.15. The molecule has 0 fully saturated rings. The summed E-state index contributed by atoms with van der Waals surface area (Å²) in [6.07, 6.45) is 0. The van der Waals surface area contributed by atoms with E-state index in [0.29, 0.717) is 5.75 Å². The number of hydrogen-bond donors (Lipinski definition) is 0. The monoisotopic (exact) mass is 424 g/mol. The van der Waals surface area contributed by atoms with Gasteiger partial charge in [-0.15, -0.1) is 0 Å². The van der Waals surface area contributed by atoms with Gasteiger partial charge in [-0.25, -0.2) is 8.78 Å². The van der Waals surface area contributed by atoms with Gasteiger partial charge in [0.25, 0.3) is 0 Å². The highest BCUT2D eigenvalue weighted by Crippen LogP contribution is 2.41. The van der Waals surface area contributed by atoms with Crippen LogP contribution in [0, 0.1) is 11.6 Å². The molecule has 4 rings (SSSR count). The summed E-state index contributed by atoms with van der Waals surface area (Å²) in [6.45, 7) is 0.249. The molecule has 1 heterocycles. The molecule has 31 heavy (non-hydrogen) atoms. The van der Waals surface area contributed by atoms with Crippen LogP contribution >= 0.6 is 0 Å². The number of benzene rings is 3. The van der Waals surface area contributed by atoms with Gasteiger partial charge in [-0.2, -0.15) is 0 Å². The van der Waals surface area contributed by atoms with E-state index in [0.717, 1.165) is 17.7 Å². The molecular formula is C24H18F2O5. The zero-order valence-electron chi connectivity index (χ0n) is 16.8. The number of halogens is 2. The van der Waals surface area contributed by atoms with Crippen molar-refractivity contribution in [2.24, 2.45) is 0 Å². The standard InChI is InChI=1S/C24H18F2O5/c1-28-20-12-21(30-13-14-6-4-3-5-7-14)23(29-2)24-22(20)18(27)11-19(31-24)15-8-9-16(25)17(26)10-15/h3-12H,13H2,1-2H3. The van der Waals surface area contributed by atoms with Crippen LogP contribution in [0.3, 0.4) is 0 Å². The van der Waals surface area contributed by atoms with E-state index < -0.39 is 17.1 Å². The second-order valence-corrected chi connectivity index (χ2v) is 6.69. The third-order valence-electron chi connectivity index (χ3n) is 4.75. The van der Waals surface area contributed by atoms with Gasteiger partial charge in [0, 0.05) is 17.7 Å². The number of hydrogen-bond acceptors (Lipinski definition) is 5. The Morgan fingerprint density at radius 3 is 2.32 bits per heavy atom. The Balaban J connectivity index is 1.88. The molecule has 1 aromatic heterocycles. The van der Waals surface area contributed by atoms with Gasteiger partial charge < -0.3 is 18.6 Å². The summed E-state index contributed by atoms with van der Waals surface area (Å²) in [5, 5.41) is 0.151. The maximum Gasteiger partial charge on any atom is 0.205 e. The summed E-state index contributed by atoms with van der Waals surface area (Å²) < 4.78 is 49.7. The maximum absolute atomic E-state index is 13.7. The van der Waals surface area contributed by atoms with Gasteiger partial charge in [0.2, 0.25) is 5.75 Å². The van der Waals surface area contributed by atoms with Crippen LogP contribution in [-0.4, -0.2) is 14.2 Å². The smallest absolute Gasteiger partial charge is 0.205 e. The molecule has 0 saturated carbocycles. The molecule has 0 aliphatic heterocycles. The van der Waals surface area contributed by atoms with Crippen LogP contribution in [0.1, 0.15) is 5.56 Å². The number of ether oxygens (including phenoxy) is 3. The molecule has 0 aliphatic carbocycles. The predicted molar refractivity (Wildman–Crippen MR) is 112 cm³/mol. The molecule has 3 aromatic carbocycles. The normalized spacial score (nSPS) is 10.8. The SMILES string of the molecule is COc1c(OCc2ccccc2)cc(OC)c2c(=O)cc(-c3ccc(F)c(F)c3)oc12. The molecular weight excluding hydrogens is 406 g/mol. The van der Waals surface area contributed by atoms with Gasteiger partial charge in [-0.05, 0) is 23.8 Å². The maximum atomic E-state index is 13.7. The van der Waals surface area contributed by atoms with E-state index in [1.54, 1.807) is 6.07 Å². The lowest BCUT2D eigenvalue weighted by atomic mass is 10.1. The van der Waals surface area contributed by atoms with Gasteiger partial charge in [0.15, 0.2) is 28.4 Å². The number of methoxy groups -OCH3 is 2. The minimum Gasteiger partial charge on any atom is -0.496 e. The van der Waals surface area contributed by atoms with Crippen LogP contribution in [0.25, 0.3) is 22.3 Å². The molecule has 0 spiro atoms. The Kier molecular flexibility index (Phi) is 5.58. The van der Waals surface area contributed by atoms with Crippen molar-refractivity contribution < 1.29 is 27.4 Å². The fraction of sp³-hybridized carbons (Fsp3) is 0.125. The van der Waals surface area contributed by atoms with Crippen LogP contribution in [0.4, 0.5) is 8.78 Å². The van der Waals surface area contributed by atoms with Crippen LogP contribution in [-0.2, 0) is 6.61 Å². The minimum absolute atomic E-state index is 0.0527. The molecule has 7 heteroatoms. The summed E-state index contributed by atoms with van der Waals surface area (Å²) >= 11 is 0. The van der Waals surface area contributed by atoms with Crippen molar-refractivity contribution in [3.63, 3.8) is 0 Å². The van der Waals surface area contributed by atoms with Crippen molar-refractivity contribution in [3.8, 4) is 28.6 Å². The van der Waals surface area contributed by atoms with Crippen molar-refractivity contribution in [2.75, 3.05) is 14.2 Å². The quantitative estimate of drug-likeness (QED) is 0.419. The number of fused-ring (bicyclic) bond motifs is 1. The Bertz CT molecular complexity index is 1300. The first kappa shape index (κ1) is 20.4. The van der Waals surface area contributed by atoms with E-state index in [4.69, 9.17) is 18.6 Å². The Morgan fingerprint density at radius 2 is 1.65 bits per heavy atom. The van der Waals surface area contributed by atoms with Crippen molar-refractivity contribution in [1.82, 2.24) is 0 Å². The van der Waals surface area contributed by atoms with Gasteiger partial charge in [0.1, 0.15) is 23.5 Å². The summed E-state index contributed by atoms with van der Waals surface area (Å²) in [5.41, 5.74) is 0.790. The minimum atomic E-state index is -1.05. The summed E-state index contributed by atoms with van der Waals surface area (Å²) in [6, 6.07) is 15.5. The van der Waals surface area contributed by atoms with E-state index in [-0.39, 0.29) is 40.4 Å². The van der Waals surface area contributed by atoms with Gasteiger partial charge in [-0.3, -0.25) is 4.79 Å². The zero-order valence-corrected chi connectivity index (χ0v) is 16.8. The fourth-order valence-corrected chi connectivity index (χ4v) is 3.24. The average Bonchev–Trinajstić information content (AvgIpc) is 2.79. The lowest BCUT2D eigenvalue weighted by molar-refractivity contribution is 0.282. The molecule has 0 bridgehead atoms. The van der Waals surface area contributed by atoms with Crippen molar-refractivity contribution in [3.05, 3.63) is 88.1 Å². The Labute approximate surface area is 176 Å². The highest BCUT2D eigenvalue weighted by atomic mass is 19.2. The molecule has 0 saturated heterocycles. The average molecular weight is 424 g/mol. The predicted octanol–water partition coefficient (Wildman–Crippen LogP) is 5.33. The van der Waals surface area contributed by atoms with Crippen LogP contribution in [0.5, 0.6) is 17.2 Å². The second kappa shape index (κ2) is 8.47. The molecule has 0 N–H and O–H groups in total. The van der Waals surface area contributed by atoms with Crippen molar-refractivity contribution in [2.45, 2.75) is 6.61 Å². The molecule has 0 unspecified atom stereocenters. The Hall–Kier alpha value is -3.87. The lowest BCUT2D eigenvalue weighted by Crippen LogP contribution is -2.06. The third kappa shape index (κ3) is 3.94. The van der Waals surface area contributed by atoms with E-state index in [9.17, 15) is 13.6 Å². The van der Waals surface area contributed by atoms with E-state index in [1.807, 2.05) is 30.3 Å². The zero-order chi connectivity index (χ0) is 22.0. The highest BCUT2D eigenvalue weighted by Gasteiger charge is 2.21. The molecule has 158 valence electrons. The first-order valence-corrected chi connectivity index (χ1v) is 9.36. The summed E-state index contributed by atoms with van der Waals surface area (Å²) in [7, 11) is 2.84. The molecule has 0 amide bonds. The van der Waals surface area contributed by atoms with Gasteiger partial charge in [-0.1, -0.05) is 30.3 Å². The van der Waals surface area contributed by atoms with Crippen molar-refractivity contribution >= 4 is 11.0 Å². The first-order valence-electron chi connectivity index (χ1n) is 9.36. The molecule has 0 atom stereocenters. The van der Waals surface area contributed by atoms with E-state index in [1.165, 1.54) is 26.4 Å². The molecule has 0 radical (unpaired) electrons. The largest absolute Gasteiger partial charge is 0.496 e. The summed E-state index contributed by atoms with van der Waals surface area (Å²) in [4.78, 5) is 12.9. The number of rotatable bonds is 6. The fourth-order valence-electron chi connectivity index (χ4n) is 3.24. The second-order valence-electron chi connectivity index (χ2n) is 6.69. The van der Waals surface area contributed by atoms with Crippen LogP contribution in [0.2, 0.25) is 0 Å². The summed E-state index contributed by atoms with van der Waals surface area (Å²) in [5.74, 6) is -1.26. The highest BCUT2D eigenvalue weighted by molar-refractivity contribution is 5.92. The Morgan fingerprint density at radius 1 is 0.871 bits per heavy atom. The van der Waals surface area contributed by atoms with E-state index >= 15 is 0 Å². The third-order valence-corrected chi connectivity index (χ3v) is 4.75. The van der Waals surface area contributed by atoms with Crippen LogP contribution < -0.4 is 19.6 Å². The van der Waals surface area contributed by atoms with Crippen molar-refractivity contribution in [1.29, 1.82) is 0 Å². The van der Waals surface area contributed by atoms with Gasteiger partial charge in [0.05, 0.1) is 14.2 Å². The van der Waals surface area contributed by atoms with Crippen LogP contribution in [0.15, 0.2) is 69.9 Å². The molecule has 0 aliphatic rings. The first-order chi connectivity index (χ1) is 15.0. The molecule has 5 nitrogen and oxygen atoms in total.